The number of hydrogen-bond acceptors (Lipinski definition) is 4. The van der Waals surface area contributed by atoms with E-state index < -0.39 is 0 Å². The number of carbonyl (C=O) groups excluding carboxylic acids is 1. The Kier molecular flexibility index (Phi) is 3.66. The molecule has 0 fully saturated rings. The number of carbonyl (C=O) groups is 1. The Morgan fingerprint density at radius 1 is 1.14 bits per heavy atom. The number of thiophene rings is 1. The van der Waals surface area contributed by atoms with Crippen molar-refractivity contribution in [3.05, 3.63) is 65.0 Å². The second-order valence-electron chi connectivity index (χ2n) is 4.44. The van der Waals surface area contributed by atoms with E-state index >= 15 is 0 Å². The molecule has 0 spiro atoms. The Labute approximate surface area is 125 Å². The highest BCUT2D eigenvalue weighted by atomic mass is 32.1. The maximum Gasteiger partial charge on any atom is 0.272 e. The Morgan fingerprint density at radius 2 is 1.90 bits per heavy atom. The highest BCUT2D eigenvalue weighted by Crippen LogP contribution is 2.25. The number of amides is 1. The Balaban J connectivity index is 1.73. The van der Waals surface area contributed by atoms with Gasteiger partial charge in [-0.25, -0.2) is 5.43 Å². The molecule has 21 heavy (non-hydrogen) atoms. The molecular formula is C16H12N2O2S. The van der Waals surface area contributed by atoms with Gasteiger partial charge in [0, 0.05) is 15.5 Å². The molecule has 0 aliphatic rings. The minimum absolute atomic E-state index is 0.195. The van der Waals surface area contributed by atoms with Crippen LogP contribution in [-0.2, 0) is 0 Å². The van der Waals surface area contributed by atoms with Gasteiger partial charge < -0.3 is 5.11 Å². The van der Waals surface area contributed by atoms with E-state index in [-0.39, 0.29) is 11.7 Å². The van der Waals surface area contributed by atoms with Crippen molar-refractivity contribution in [2.45, 2.75) is 0 Å². The van der Waals surface area contributed by atoms with Gasteiger partial charge in [-0.15, -0.1) is 11.3 Å². The second kappa shape index (κ2) is 5.76. The fourth-order valence-corrected chi connectivity index (χ4v) is 2.88. The van der Waals surface area contributed by atoms with E-state index in [2.05, 4.69) is 10.5 Å². The fraction of sp³-hybridized carbons (Fsp3) is 0. The molecule has 3 aromatic rings. The Hall–Kier alpha value is -2.66. The molecule has 2 N–H and O–H groups in total. The number of nitrogens with one attached hydrogen (secondary N) is 1. The largest absolute Gasteiger partial charge is 0.508 e. The van der Waals surface area contributed by atoms with Crippen LogP contribution >= 0.6 is 11.3 Å². The van der Waals surface area contributed by atoms with Crippen molar-refractivity contribution in [1.29, 1.82) is 0 Å². The highest BCUT2D eigenvalue weighted by molar-refractivity contribution is 7.17. The third-order valence-electron chi connectivity index (χ3n) is 3.00. The molecular weight excluding hydrogens is 284 g/mol. The number of phenolic OH excluding ortho intramolecular Hbond substituents is 1. The number of benzene rings is 2. The molecule has 3 rings (SSSR count). The first-order valence-corrected chi connectivity index (χ1v) is 7.21. The van der Waals surface area contributed by atoms with E-state index in [1.54, 1.807) is 24.3 Å². The van der Waals surface area contributed by atoms with Gasteiger partial charge in [0.05, 0.1) is 11.8 Å². The van der Waals surface area contributed by atoms with Gasteiger partial charge in [0.2, 0.25) is 0 Å². The topological polar surface area (TPSA) is 61.7 Å². The average molecular weight is 296 g/mol. The lowest BCUT2D eigenvalue weighted by molar-refractivity contribution is 0.0957. The SMILES string of the molecule is O=C(N/N=C\c1ccc(O)cc1)c1csc2ccccc12. The van der Waals surface area contributed by atoms with Crippen molar-refractivity contribution >= 4 is 33.5 Å². The first-order chi connectivity index (χ1) is 10.2. The molecule has 0 saturated heterocycles. The first-order valence-electron chi connectivity index (χ1n) is 6.33. The monoisotopic (exact) mass is 296 g/mol. The number of fused-ring (bicyclic) bond motifs is 1. The third-order valence-corrected chi connectivity index (χ3v) is 3.96. The fourth-order valence-electron chi connectivity index (χ4n) is 1.94. The maximum absolute atomic E-state index is 12.1. The number of hydrogen-bond donors (Lipinski definition) is 2. The van der Waals surface area contributed by atoms with Crippen LogP contribution in [0, 0.1) is 0 Å². The second-order valence-corrected chi connectivity index (χ2v) is 5.35. The van der Waals surface area contributed by atoms with Gasteiger partial charge >= 0.3 is 0 Å². The summed E-state index contributed by atoms with van der Waals surface area (Å²) in [5.74, 6) is -0.0385. The molecule has 1 amide bonds. The molecule has 0 aliphatic carbocycles. The molecule has 0 atom stereocenters. The molecule has 2 aromatic carbocycles. The van der Waals surface area contributed by atoms with Gasteiger partial charge in [0.15, 0.2) is 0 Å². The number of phenols is 1. The number of rotatable bonds is 3. The quantitative estimate of drug-likeness (QED) is 0.575. The predicted octanol–water partition coefficient (Wildman–Crippen LogP) is 3.37. The first kappa shape index (κ1) is 13.3. The minimum atomic E-state index is -0.234. The van der Waals surface area contributed by atoms with E-state index in [0.717, 1.165) is 15.6 Å². The molecule has 104 valence electrons. The number of nitrogens with zero attached hydrogens (tertiary/aromatic N) is 1. The number of aromatic hydroxyl groups is 1. The summed E-state index contributed by atoms with van der Waals surface area (Å²) in [6.07, 6.45) is 1.53. The van der Waals surface area contributed by atoms with Gasteiger partial charge in [-0.3, -0.25) is 4.79 Å². The van der Waals surface area contributed by atoms with Crippen molar-refractivity contribution in [3.63, 3.8) is 0 Å². The zero-order valence-corrected chi connectivity index (χ0v) is 11.8. The summed E-state index contributed by atoms with van der Waals surface area (Å²) in [4.78, 5) is 12.1. The van der Waals surface area contributed by atoms with Crippen LogP contribution in [0.3, 0.4) is 0 Å². The summed E-state index contributed by atoms with van der Waals surface area (Å²) >= 11 is 1.53. The van der Waals surface area contributed by atoms with Gasteiger partial charge in [-0.05, 0) is 35.9 Å². The molecule has 0 radical (unpaired) electrons. The van der Waals surface area contributed by atoms with Crippen LogP contribution in [0.5, 0.6) is 5.75 Å². The normalized spacial score (nSPS) is 11.0. The molecule has 4 nitrogen and oxygen atoms in total. The maximum atomic E-state index is 12.1. The summed E-state index contributed by atoms with van der Waals surface area (Å²) in [6.45, 7) is 0. The molecule has 0 saturated carbocycles. The van der Waals surface area contributed by atoms with Crippen LogP contribution < -0.4 is 5.43 Å². The van der Waals surface area contributed by atoms with E-state index in [1.165, 1.54) is 17.6 Å². The van der Waals surface area contributed by atoms with Crippen LogP contribution in [0.4, 0.5) is 0 Å². The van der Waals surface area contributed by atoms with Crippen molar-refractivity contribution in [2.75, 3.05) is 0 Å². The standard InChI is InChI=1S/C16H12N2O2S/c19-12-7-5-11(6-8-12)9-17-18-16(20)14-10-21-15-4-2-1-3-13(14)15/h1-10,19H,(H,18,20)/b17-9-. The summed E-state index contributed by atoms with van der Waals surface area (Å²) in [6, 6.07) is 14.3. The van der Waals surface area contributed by atoms with Crippen LogP contribution in [0.2, 0.25) is 0 Å². The Morgan fingerprint density at radius 3 is 2.71 bits per heavy atom. The van der Waals surface area contributed by atoms with Crippen molar-refractivity contribution in [1.82, 2.24) is 5.43 Å². The van der Waals surface area contributed by atoms with E-state index in [4.69, 9.17) is 0 Å². The van der Waals surface area contributed by atoms with E-state index in [1.807, 2.05) is 29.6 Å². The molecule has 1 aromatic heterocycles. The summed E-state index contributed by atoms with van der Waals surface area (Å²) < 4.78 is 1.07. The lowest BCUT2D eigenvalue weighted by atomic mass is 10.2. The van der Waals surface area contributed by atoms with Gasteiger partial charge in [-0.2, -0.15) is 5.10 Å². The highest BCUT2D eigenvalue weighted by Gasteiger charge is 2.10. The molecule has 1 heterocycles. The molecule has 0 unspecified atom stereocenters. The van der Waals surface area contributed by atoms with Crippen LogP contribution in [-0.4, -0.2) is 17.2 Å². The van der Waals surface area contributed by atoms with E-state index in [0.29, 0.717) is 5.56 Å². The third kappa shape index (κ3) is 2.93. The van der Waals surface area contributed by atoms with Crippen molar-refractivity contribution in [3.8, 4) is 5.75 Å². The minimum Gasteiger partial charge on any atom is -0.508 e. The average Bonchev–Trinajstić information content (AvgIpc) is 2.93. The van der Waals surface area contributed by atoms with Crippen LogP contribution in [0.25, 0.3) is 10.1 Å². The lowest BCUT2D eigenvalue weighted by Gasteiger charge is -1.98. The zero-order chi connectivity index (χ0) is 14.7. The van der Waals surface area contributed by atoms with Crippen LogP contribution in [0.15, 0.2) is 59.0 Å². The molecule has 5 heteroatoms. The van der Waals surface area contributed by atoms with Gasteiger partial charge in [0.25, 0.3) is 5.91 Å². The van der Waals surface area contributed by atoms with Crippen molar-refractivity contribution in [2.24, 2.45) is 5.10 Å². The van der Waals surface area contributed by atoms with Gasteiger partial charge in [-0.1, -0.05) is 18.2 Å². The zero-order valence-electron chi connectivity index (χ0n) is 11.0. The molecule has 0 aliphatic heterocycles. The molecule has 0 bridgehead atoms. The van der Waals surface area contributed by atoms with Crippen molar-refractivity contribution < 1.29 is 9.90 Å². The predicted molar refractivity (Wildman–Crippen MR) is 85.0 cm³/mol. The van der Waals surface area contributed by atoms with Gasteiger partial charge in [0.1, 0.15) is 5.75 Å². The smallest absolute Gasteiger partial charge is 0.272 e. The summed E-state index contributed by atoms with van der Waals surface area (Å²) in [7, 11) is 0. The Bertz CT molecular complexity index is 807. The number of hydrazone groups is 1. The summed E-state index contributed by atoms with van der Waals surface area (Å²) in [5, 5.41) is 15.9. The van der Waals surface area contributed by atoms with Crippen LogP contribution in [0.1, 0.15) is 15.9 Å². The summed E-state index contributed by atoms with van der Waals surface area (Å²) in [5.41, 5.74) is 3.93. The lowest BCUT2D eigenvalue weighted by Crippen LogP contribution is -2.17. The van der Waals surface area contributed by atoms with E-state index in [9.17, 15) is 9.90 Å².